The Morgan fingerprint density at radius 2 is 1.61 bits per heavy atom. The number of hydrogen-bond acceptors (Lipinski definition) is 4. The van der Waals surface area contributed by atoms with Crippen molar-refractivity contribution >= 4 is 10.0 Å². The van der Waals surface area contributed by atoms with Crippen LogP contribution in [0.3, 0.4) is 0 Å². The van der Waals surface area contributed by atoms with Gasteiger partial charge in [-0.15, -0.1) is 0 Å². The van der Waals surface area contributed by atoms with E-state index in [0.717, 1.165) is 29.8 Å². The van der Waals surface area contributed by atoms with Crippen LogP contribution in [0.25, 0.3) is 11.1 Å². The SMILES string of the molecule is CC1CCCN1CCc1ccc(-c2ccc(S(=O)(=O)NCCOc3ccccc3)cc2)cc1. The Kier molecular flexibility index (Phi) is 7.81. The van der Waals surface area contributed by atoms with Crippen LogP contribution >= 0.6 is 0 Å². The highest BCUT2D eigenvalue weighted by Crippen LogP contribution is 2.23. The molecule has 3 aromatic carbocycles. The first-order valence-corrected chi connectivity index (χ1v) is 13.1. The first kappa shape index (κ1) is 23.5. The Morgan fingerprint density at radius 1 is 0.939 bits per heavy atom. The van der Waals surface area contributed by atoms with Gasteiger partial charge in [0.1, 0.15) is 12.4 Å². The summed E-state index contributed by atoms with van der Waals surface area (Å²) in [5.74, 6) is 0.720. The van der Waals surface area contributed by atoms with E-state index < -0.39 is 10.0 Å². The summed E-state index contributed by atoms with van der Waals surface area (Å²) in [5.41, 5.74) is 3.42. The van der Waals surface area contributed by atoms with E-state index in [-0.39, 0.29) is 18.0 Å². The van der Waals surface area contributed by atoms with Crippen molar-refractivity contribution in [2.24, 2.45) is 0 Å². The highest BCUT2D eigenvalue weighted by molar-refractivity contribution is 7.89. The number of hydrogen-bond donors (Lipinski definition) is 1. The summed E-state index contributed by atoms with van der Waals surface area (Å²) in [6.07, 6.45) is 3.67. The fourth-order valence-corrected chi connectivity index (χ4v) is 5.25. The van der Waals surface area contributed by atoms with Crippen LogP contribution in [0.2, 0.25) is 0 Å². The van der Waals surface area contributed by atoms with Gasteiger partial charge in [0.2, 0.25) is 10.0 Å². The van der Waals surface area contributed by atoms with E-state index >= 15 is 0 Å². The number of nitrogens with zero attached hydrogens (tertiary/aromatic N) is 1. The van der Waals surface area contributed by atoms with Gasteiger partial charge in [-0.2, -0.15) is 0 Å². The van der Waals surface area contributed by atoms with Crippen molar-refractivity contribution in [3.8, 4) is 16.9 Å². The maximum Gasteiger partial charge on any atom is 0.240 e. The number of rotatable bonds is 10. The molecule has 1 N–H and O–H groups in total. The van der Waals surface area contributed by atoms with Crippen molar-refractivity contribution in [1.29, 1.82) is 0 Å². The topological polar surface area (TPSA) is 58.6 Å². The molecular weight excluding hydrogens is 432 g/mol. The highest BCUT2D eigenvalue weighted by atomic mass is 32.2. The molecule has 0 radical (unpaired) electrons. The van der Waals surface area contributed by atoms with Crippen LogP contribution in [-0.2, 0) is 16.4 Å². The van der Waals surface area contributed by atoms with Crippen molar-refractivity contribution < 1.29 is 13.2 Å². The molecule has 0 spiro atoms. The van der Waals surface area contributed by atoms with Crippen LogP contribution in [0.15, 0.2) is 83.8 Å². The Hall–Kier alpha value is -2.67. The fraction of sp³-hybridized carbons (Fsp3) is 0.333. The van der Waals surface area contributed by atoms with Gasteiger partial charge in [-0.05, 0) is 73.7 Å². The van der Waals surface area contributed by atoms with Crippen LogP contribution in [-0.4, -0.2) is 45.6 Å². The molecule has 0 bridgehead atoms. The third kappa shape index (κ3) is 6.44. The summed E-state index contributed by atoms with van der Waals surface area (Å²) < 4.78 is 33.3. The first-order chi connectivity index (χ1) is 16.0. The van der Waals surface area contributed by atoms with E-state index in [9.17, 15) is 8.42 Å². The Morgan fingerprint density at radius 3 is 2.24 bits per heavy atom. The lowest BCUT2D eigenvalue weighted by molar-refractivity contribution is 0.272. The Balaban J connectivity index is 1.29. The van der Waals surface area contributed by atoms with Gasteiger partial charge in [-0.1, -0.05) is 54.6 Å². The van der Waals surface area contributed by atoms with E-state index in [1.165, 1.54) is 24.9 Å². The van der Waals surface area contributed by atoms with Gasteiger partial charge in [-0.3, -0.25) is 0 Å². The molecule has 1 saturated heterocycles. The second-order valence-electron chi connectivity index (χ2n) is 8.56. The minimum Gasteiger partial charge on any atom is -0.492 e. The van der Waals surface area contributed by atoms with Gasteiger partial charge in [0.05, 0.1) is 4.90 Å². The number of ether oxygens (including phenoxy) is 1. The molecule has 6 heteroatoms. The maximum absolute atomic E-state index is 12.6. The molecule has 33 heavy (non-hydrogen) atoms. The lowest BCUT2D eigenvalue weighted by atomic mass is 10.0. The zero-order chi connectivity index (χ0) is 23.1. The van der Waals surface area contributed by atoms with Crippen molar-refractivity contribution in [2.45, 2.75) is 37.1 Å². The smallest absolute Gasteiger partial charge is 0.240 e. The second kappa shape index (κ2) is 11.0. The molecule has 1 aliphatic rings. The molecule has 1 atom stereocenters. The quantitative estimate of drug-likeness (QED) is 0.441. The lowest BCUT2D eigenvalue weighted by Crippen LogP contribution is -2.28. The van der Waals surface area contributed by atoms with E-state index in [1.807, 2.05) is 42.5 Å². The number of sulfonamides is 1. The molecule has 0 amide bonds. The summed E-state index contributed by atoms with van der Waals surface area (Å²) in [4.78, 5) is 2.82. The van der Waals surface area contributed by atoms with Crippen molar-refractivity contribution in [3.05, 3.63) is 84.4 Å². The van der Waals surface area contributed by atoms with Crippen molar-refractivity contribution in [1.82, 2.24) is 9.62 Å². The molecular formula is C27H32N2O3S. The Labute approximate surface area is 197 Å². The number of benzene rings is 3. The van der Waals surface area contributed by atoms with Gasteiger partial charge in [-0.25, -0.2) is 13.1 Å². The summed E-state index contributed by atoms with van der Waals surface area (Å²) in [5, 5.41) is 0. The lowest BCUT2D eigenvalue weighted by Gasteiger charge is -2.20. The molecule has 5 nitrogen and oxygen atoms in total. The van der Waals surface area contributed by atoms with Gasteiger partial charge >= 0.3 is 0 Å². The highest BCUT2D eigenvalue weighted by Gasteiger charge is 2.19. The standard InChI is InChI=1S/C27H32N2O3S/c1-22-6-5-19-29(22)20-17-23-9-11-24(12-10-23)25-13-15-27(16-14-25)33(30,31)28-18-21-32-26-7-3-2-4-8-26/h2-4,7-16,22,28H,5-6,17-21H2,1H3. The fourth-order valence-electron chi connectivity index (χ4n) is 4.23. The molecule has 0 aliphatic carbocycles. The monoisotopic (exact) mass is 464 g/mol. The Bertz CT molecular complexity index is 1110. The van der Waals surface area contributed by atoms with E-state index in [2.05, 4.69) is 40.8 Å². The van der Waals surface area contributed by atoms with Crippen LogP contribution < -0.4 is 9.46 Å². The molecule has 1 heterocycles. The predicted molar refractivity (Wildman–Crippen MR) is 133 cm³/mol. The molecule has 3 aromatic rings. The summed E-state index contributed by atoms with van der Waals surface area (Å²) in [6, 6.07) is 25.6. The molecule has 0 saturated carbocycles. The van der Waals surface area contributed by atoms with Crippen molar-refractivity contribution in [3.63, 3.8) is 0 Å². The number of para-hydroxylation sites is 1. The molecule has 174 valence electrons. The zero-order valence-electron chi connectivity index (χ0n) is 19.1. The molecule has 0 aromatic heterocycles. The van der Waals surface area contributed by atoms with E-state index in [0.29, 0.717) is 6.04 Å². The maximum atomic E-state index is 12.6. The van der Waals surface area contributed by atoms with E-state index in [4.69, 9.17) is 4.74 Å². The average Bonchev–Trinajstić information content (AvgIpc) is 3.26. The second-order valence-corrected chi connectivity index (χ2v) is 10.3. The zero-order valence-corrected chi connectivity index (χ0v) is 19.9. The minimum absolute atomic E-state index is 0.205. The summed E-state index contributed by atoms with van der Waals surface area (Å²) in [6.45, 7) is 5.11. The first-order valence-electron chi connectivity index (χ1n) is 11.6. The summed E-state index contributed by atoms with van der Waals surface area (Å²) in [7, 11) is -3.58. The van der Waals surface area contributed by atoms with Gasteiger partial charge in [0.15, 0.2) is 0 Å². The van der Waals surface area contributed by atoms with Crippen LogP contribution in [0, 0.1) is 0 Å². The number of likely N-dealkylation sites (tertiary alicyclic amines) is 1. The van der Waals surface area contributed by atoms with Gasteiger partial charge < -0.3 is 9.64 Å². The van der Waals surface area contributed by atoms with Gasteiger partial charge in [0, 0.05) is 19.1 Å². The third-order valence-electron chi connectivity index (χ3n) is 6.24. The van der Waals surface area contributed by atoms with Crippen LogP contribution in [0.4, 0.5) is 0 Å². The molecule has 1 aliphatic heterocycles. The van der Waals surface area contributed by atoms with Gasteiger partial charge in [0.25, 0.3) is 0 Å². The predicted octanol–water partition coefficient (Wildman–Crippen LogP) is 4.74. The van der Waals surface area contributed by atoms with Crippen LogP contribution in [0.1, 0.15) is 25.3 Å². The minimum atomic E-state index is -3.58. The molecule has 1 fully saturated rings. The normalized spacial score (nSPS) is 16.7. The summed E-state index contributed by atoms with van der Waals surface area (Å²) >= 11 is 0. The average molecular weight is 465 g/mol. The van der Waals surface area contributed by atoms with Crippen molar-refractivity contribution in [2.75, 3.05) is 26.2 Å². The molecule has 4 rings (SSSR count). The van der Waals surface area contributed by atoms with E-state index in [1.54, 1.807) is 12.1 Å². The van der Waals surface area contributed by atoms with Crippen LogP contribution in [0.5, 0.6) is 5.75 Å². The molecule has 1 unspecified atom stereocenters. The number of nitrogens with one attached hydrogen (secondary N) is 1. The third-order valence-corrected chi connectivity index (χ3v) is 7.71. The largest absolute Gasteiger partial charge is 0.492 e.